The van der Waals surface area contributed by atoms with Crippen LogP contribution in [0, 0.1) is 18.3 Å². The van der Waals surface area contributed by atoms with Gasteiger partial charge in [-0.1, -0.05) is 6.07 Å². The molecule has 1 aromatic rings. The summed E-state index contributed by atoms with van der Waals surface area (Å²) in [6, 6.07) is 5.53. The van der Waals surface area contributed by atoms with Crippen molar-refractivity contribution in [1.29, 1.82) is 0 Å². The summed E-state index contributed by atoms with van der Waals surface area (Å²) >= 11 is 0. The molecule has 2 amide bonds. The molecule has 1 unspecified atom stereocenters. The first-order chi connectivity index (χ1) is 11.7. The van der Waals surface area contributed by atoms with Crippen LogP contribution < -0.4 is 15.0 Å². The molecule has 0 aromatic heterocycles. The molecule has 25 heavy (non-hydrogen) atoms. The summed E-state index contributed by atoms with van der Waals surface area (Å²) in [6.45, 7) is 5.26. The average Bonchev–Trinajstić information content (AvgIpc) is 2.94. The Morgan fingerprint density at radius 2 is 2.08 bits per heavy atom. The fourth-order valence-electron chi connectivity index (χ4n) is 2.66. The van der Waals surface area contributed by atoms with E-state index in [0.29, 0.717) is 11.4 Å². The summed E-state index contributed by atoms with van der Waals surface area (Å²) in [6.07, 6.45) is 0.0937. The summed E-state index contributed by atoms with van der Waals surface area (Å²) in [4.78, 5) is 37.4. The first kappa shape index (κ1) is 18.8. The second kappa shape index (κ2) is 7.13. The Balaban J connectivity index is 2.09. The lowest BCUT2D eigenvalue weighted by Crippen LogP contribution is -2.41. The van der Waals surface area contributed by atoms with Gasteiger partial charge in [0.05, 0.1) is 24.1 Å². The summed E-state index contributed by atoms with van der Waals surface area (Å²) in [5, 5.41) is 11.8. The number of hydrogen-bond donors (Lipinski definition) is 2. The van der Waals surface area contributed by atoms with E-state index in [1.54, 1.807) is 24.8 Å². The molecule has 1 heterocycles. The Kier molecular flexibility index (Phi) is 5.35. The monoisotopic (exact) mass is 348 g/mol. The highest BCUT2D eigenvalue weighted by Crippen LogP contribution is 2.34. The number of rotatable bonds is 6. The lowest BCUT2D eigenvalue weighted by molar-refractivity contribution is -0.147. The van der Waals surface area contributed by atoms with E-state index in [4.69, 9.17) is 9.84 Å². The van der Waals surface area contributed by atoms with Gasteiger partial charge in [-0.05, 0) is 38.5 Å². The molecular formula is C18H24N2O5. The molecule has 7 nitrogen and oxygen atoms in total. The average molecular weight is 348 g/mol. The third kappa shape index (κ3) is 4.10. The van der Waals surface area contributed by atoms with E-state index < -0.39 is 17.3 Å². The third-order valence-electron chi connectivity index (χ3n) is 4.40. The molecule has 0 saturated carbocycles. The van der Waals surface area contributed by atoms with Gasteiger partial charge in [-0.25, -0.2) is 0 Å². The van der Waals surface area contributed by atoms with Gasteiger partial charge in [0, 0.05) is 19.5 Å². The van der Waals surface area contributed by atoms with Crippen LogP contribution in [0.4, 0.5) is 5.69 Å². The number of ether oxygens (including phenoxy) is 1. The summed E-state index contributed by atoms with van der Waals surface area (Å²) < 4.78 is 5.32. The molecular weight excluding hydrogens is 324 g/mol. The SMILES string of the molecule is COc1ccc(C)cc1N1CC(C(=O)NCC(C)(C)C(=O)O)CC1=O. The number of nitrogens with zero attached hydrogens (tertiary/aromatic N) is 1. The Morgan fingerprint density at radius 1 is 1.40 bits per heavy atom. The van der Waals surface area contributed by atoms with Crippen molar-refractivity contribution in [2.75, 3.05) is 25.1 Å². The number of aryl methyl sites for hydroxylation is 1. The van der Waals surface area contributed by atoms with Crippen molar-refractivity contribution in [3.05, 3.63) is 23.8 Å². The van der Waals surface area contributed by atoms with Crippen LogP contribution in [0.5, 0.6) is 5.75 Å². The molecule has 2 N–H and O–H groups in total. The van der Waals surface area contributed by atoms with Crippen molar-refractivity contribution in [3.63, 3.8) is 0 Å². The second-order valence-electron chi connectivity index (χ2n) is 6.99. The van der Waals surface area contributed by atoms with Crippen molar-refractivity contribution in [2.45, 2.75) is 27.2 Å². The van der Waals surface area contributed by atoms with Crippen LogP contribution in [0.15, 0.2) is 18.2 Å². The van der Waals surface area contributed by atoms with Crippen molar-refractivity contribution in [3.8, 4) is 5.75 Å². The minimum Gasteiger partial charge on any atom is -0.495 e. The highest BCUT2D eigenvalue weighted by Gasteiger charge is 2.37. The third-order valence-corrected chi connectivity index (χ3v) is 4.40. The molecule has 1 fully saturated rings. The maximum atomic E-state index is 12.4. The molecule has 2 rings (SSSR count). The van der Waals surface area contributed by atoms with Gasteiger partial charge >= 0.3 is 5.97 Å². The van der Waals surface area contributed by atoms with E-state index in [9.17, 15) is 14.4 Å². The van der Waals surface area contributed by atoms with Crippen LogP contribution >= 0.6 is 0 Å². The molecule has 0 spiro atoms. The Hall–Kier alpha value is -2.57. The normalized spacial score (nSPS) is 17.5. The van der Waals surface area contributed by atoms with Gasteiger partial charge in [0.1, 0.15) is 5.75 Å². The zero-order valence-corrected chi connectivity index (χ0v) is 15.0. The maximum absolute atomic E-state index is 12.4. The predicted molar refractivity (Wildman–Crippen MR) is 92.6 cm³/mol. The number of methoxy groups -OCH3 is 1. The number of carboxylic acid groups (broad SMARTS) is 1. The van der Waals surface area contributed by atoms with Gasteiger partial charge in [0.25, 0.3) is 0 Å². The zero-order chi connectivity index (χ0) is 18.8. The number of carbonyl (C=O) groups is 3. The number of carbonyl (C=O) groups excluding carboxylic acids is 2. The Bertz CT molecular complexity index is 699. The zero-order valence-electron chi connectivity index (χ0n) is 15.0. The van der Waals surface area contributed by atoms with E-state index in [1.807, 2.05) is 19.1 Å². The van der Waals surface area contributed by atoms with E-state index in [0.717, 1.165) is 5.56 Å². The molecule has 1 saturated heterocycles. The van der Waals surface area contributed by atoms with Gasteiger partial charge < -0.3 is 20.1 Å². The molecule has 7 heteroatoms. The van der Waals surface area contributed by atoms with E-state index in [-0.39, 0.29) is 31.3 Å². The lowest BCUT2D eigenvalue weighted by atomic mass is 9.93. The minimum absolute atomic E-state index is 0.0135. The molecule has 0 radical (unpaired) electrons. The molecule has 1 aliphatic heterocycles. The van der Waals surface area contributed by atoms with Crippen molar-refractivity contribution in [2.24, 2.45) is 11.3 Å². The summed E-state index contributed by atoms with van der Waals surface area (Å²) in [7, 11) is 1.53. The maximum Gasteiger partial charge on any atom is 0.310 e. The molecule has 136 valence electrons. The molecule has 0 bridgehead atoms. The van der Waals surface area contributed by atoms with E-state index >= 15 is 0 Å². The van der Waals surface area contributed by atoms with Gasteiger partial charge in [-0.3, -0.25) is 14.4 Å². The highest BCUT2D eigenvalue weighted by atomic mass is 16.5. The number of aliphatic carboxylic acids is 1. The van der Waals surface area contributed by atoms with Gasteiger partial charge in [-0.15, -0.1) is 0 Å². The Morgan fingerprint density at radius 3 is 2.68 bits per heavy atom. The summed E-state index contributed by atoms with van der Waals surface area (Å²) in [5.74, 6) is -1.38. The van der Waals surface area contributed by atoms with Crippen LogP contribution in [-0.2, 0) is 14.4 Å². The van der Waals surface area contributed by atoms with Crippen molar-refractivity contribution in [1.82, 2.24) is 5.32 Å². The largest absolute Gasteiger partial charge is 0.495 e. The quantitative estimate of drug-likeness (QED) is 0.814. The first-order valence-electron chi connectivity index (χ1n) is 8.12. The molecule has 0 aliphatic carbocycles. The van der Waals surface area contributed by atoms with Crippen LogP contribution in [0.2, 0.25) is 0 Å². The molecule has 1 atom stereocenters. The standard InChI is InChI=1S/C18H24N2O5/c1-11-5-6-14(25-4)13(7-11)20-9-12(8-15(20)21)16(22)19-10-18(2,3)17(23)24/h5-7,12H,8-10H2,1-4H3,(H,19,22)(H,23,24). The topological polar surface area (TPSA) is 95.9 Å². The van der Waals surface area contributed by atoms with Crippen LogP contribution in [-0.4, -0.2) is 43.1 Å². The van der Waals surface area contributed by atoms with E-state index in [1.165, 1.54) is 7.11 Å². The number of anilines is 1. The number of hydrogen-bond acceptors (Lipinski definition) is 4. The van der Waals surface area contributed by atoms with Gasteiger partial charge in [-0.2, -0.15) is 0 Å². The fourth-order valence-corrected chi connectivity index (χ4v) is 2.66. The van der Waals surface area contributed by atoms with Crippen LogP contribution in [0.1, 0.15) is 25.8 Å². The number of nitrogens with one attached hydrogen (secondary N) is 1. The minimum atomic E-state index is -1.06. The predicted octanol–water partition coefficient (Wildman–Crippen LogP) is 1.58. The van der Waals surface area contributed by atoms with Crippen molar-refractivity contribution < 1.29 is 24.2 Å². The molecule has 1 aliphatic rings. The van der Waals surface area contributed by atoms with Gasteiger partial charge in [0.15, 0.2) is 0 Å². The second-order valence-corrected chi connectivity index (χ2v) is 6.99. The van der Waals surface area contributed by atoms with Gasteiger partial charge in [0.2, 0.25) is 11.8 Å². The lowest BCUT2D eigenvalue weighted by Gasteiger charge is -2.22. The Labute approximate surface area is 147 Å². The summed E-state index contributed by atoms with van der Waals surface area (Å²) in [5.41, 5.74) is 0.575. The highest BCUT2D eigenvalue weighted by molar-refractivity contribution is 6.01. The number of benzene rings is 1. The van der Waals surface area contributed by atoms with Crippen molar-refractivity contribution >= 4 is 23.5 Å². The van der Waals surface area contributed by atoms with E-state index in [2.05, 4.69) is 5.32 Å². The number of amides is 2. The van der Waals surface area contributed by atoms with Crippen LogP contribution in [0.3, 0.4) is 0 Å². The first-order valence-corrected chi connectivity index (χ1v) is 8.12. The molecule has 1 aromatic carbocycles. The fraction of sp³-hybridized carbons (Fsp3) is 0.500. The number of carboxylic acids is 1. The smallest absolute Gasteiger partial charge is 0.310 e. The van der Waals surface area contributed by atoms with Crippen LogP contribution in [0.25, 0.3) is 0 Å².